The Kier molecular flexibility index (Phi) is 4.37. The fourth-order valence-electron chi connectivity index (χ4n) is 2.69. The van der Waals surface area contributed by atoms with Gasteiger partial charge in [-0.2, -0.15) is 0 Å². The maximum Gasteiger partial charge on any atom is 0.411 e. The van der Waals surface area contributed by atoms with E-state index in [0.29, 0.717) is 5.92 Å². The number of nitrogens with two attached hydrogens (primary N) is 1. The van der Waals surface area contributed by atoms with Crippen molar-refractivity contribution in [3.05, 3.63) is 23.4 Å². The molecule has 1 saturated carbocycles. The molecular formula is C14H21N3O2. The summed E-state index contributed by atoms with van der Waals surface area (Å²) in [4.78, 5) is 17.3. The highest BCUT2D eigenvalue weighted by atomic mass is 16.6. The molecule has 1 fully saturated rings. The SMILES string of the molecule is CN(C)Cc1nc(OC(N)=O)ccc1C1CCCC1. The lowest BCUT2D eigenvalue weighted by molar-refractivity contribution is 0.208. The topological polar surface area (TPSA) is 68.5 Å². The number of hydrogen-bond donors (Lipinski definition) is 1. The van der Waals surface area contributed by atoms with Crippen LogP contribution < -0.4 is 10.5 Å². The molecule has 0 aliphatic heterocycles. The molecule has 0 saturated heterocycles. The van der Waals surface area contributed by atoms with Crippen LogP contribution in [0, 0.1) is 0 Å². The average molecular weight is 263 g/mol. The molecule has 0 spiro atoms. The molecule has 0 unspecified atom stereocenters. The lowest BCUT2D eigenvalue weighted by Crippen LogP contribution is -2.19. The number of pyridine rings is 1. The summed E-state index contributed by atoms with van der Waals surface area (Å²) in [6.45, 7) is 0.738. The molecule has 0 bridgehead atoms. The number of aromatic nitrogens is 1. The Balaban J connectivity index is 2.27. The Hall–Kier alpha value is -1.62. The first-order valence-corrected chi connectivity index (χ1v) is 6.68. The molecule has 1 aliphatic carbocycles. The van der Waals surface area contributed by atoms with E-state index in [1.165, 1.54) is 31.2 Å². The van der Waals surface area contributed by atoms with Crippen LogP contribution in [0.15, 0.2) is 12.1 Å². The molecule has 1 aromatic heterocycles. The largest absolute Gasteiger partial charge is 0.411 e. The number of nitrogens with zero attached hydrogens (tertiary/aromatic N) is 2. The van der Waals surface area contributed by atoms with Crippen LogP contribution in [0.1, 0.15) is 42.9 Å². The quantitative estimate of drug-likeness (QED) is 0.904. The van der Waals surface area contributed by atoms with E-state index in [0.717, 1.165) is 12.2 Å². The van der Waals surface area contributed by atoms with E-state index < -0.39 is 6.09 Å². The van der Waals surface area contributed by atoms with Crippen molar-refractivity contribution in [2.24, 2.45) is 5.73 Å². The van der Waals surface area contributed by atoms with E-state index in [1.807, 2.05) is 20.2 Å². The van der Waals surface area contributed by atoms with Gasteiger partial charge in [-0.05, 0) is 38.4 Å². The second-order valence-corrected chi connectivity index (χ2v) is 5.33. The third-order valence-corrected chi connectivity index (χ3v) is 3.45. The maximum atomic E-state index is 10.8. The van der Waals surface area contributed by atoms with E-state index in [2.05, 4.69) is 9.88 Å². The first-order chi connectivity index (χ1) is 9.06. The molecule has 104 valence electrons. The van der Waals surface area contributed by atoms with Crippen molar-refractivity contribution >= 4 is 6.09 Å². The van der Waals surface area contributed by atoms with Gasteiger partial charge in [0.05, 0.1) is 5.69 Å². The molecule has 19 heavy (non-hydrogen) atoms. The maximum absolute atomic E-state index is 10.8. The summed E-state index contributed by atoms with van der Waals surface area (Å²) < 4.78 is 4.86. The third-order valence-electron chi connectivity index (χ3n) is 3.45. The van der Waals surface area contributed by atoms with Gasteiger partial charge in [-0.3, -0.25) is 0 Å². The van der Waals surface area contributed by atoms with Crippen LogP contribution in [-0.2, 0) is 6.54 Å². The van der Waals surface area contributed by atoms with Crippen molar-refractivity contribution in [3.63, 3.8) is 0 Å². The Morgan fingerprint density at radius 3 is 2.68 bits per heavy atom. The highest BCUT2D eigenvalue weighted by Crippen LogP contribution is 2.36. The number of primary amides is 1. The highest BCUT2D eigenvalue weighted by molar-refractivity contribution is 5.67. The van der Waals surface area contributed by atoms with E-state index in [-0.39, 0.29) is 5.88 Å². The molecule has 2 N–H and O–H groups in total. The number of ether oxygens (including phenoxy) is 1. The Bertz CT molecular complexity index is 454. The summed E-state index contributed by atoms with van der Waals surface area (Å²) in [5.74, 6) is 0.871. The van der Waals surface area contributed by atoms with Gasteiger partial charge in [0.15, 0.2) is 0 Å². The summed E-state index contributed by atoms with van der Waals surface area (Å²) in [7, 11) is 4.00. The van der Waals surface area contributed by atoms with Gasteiger partial charge in [-0.25, -0.2) is 9.78 Å². The van der Waals surface area contributed by atoms with E-state index in [9.17, 15) is 4.79 Å². The molecule has 5 heteroatoms. The lowest BCUT2D eigenvalue weighted by Gasteiger charge is -2.18. The van der Waals surface area contributed by atoms with Crippen LogP contribution in [0.3, 0.4) is 0 Å². The van der Waals surface area contributed by atoms with Crippen molar-refractivity contribution in [2.75, 3.05) is 14.1 Å². The van der Waals surface area contributed by atoms with Crippen LogP contribution >= 0.6 is 0 Å². The van der Waals surface area contributed by atoms with Gasteiger partial charge in [-0.15, -0.1) is 0 Å². The van der Waals surface area contributed by atoms with Gasteiger partial charge in [0.2, 0.25) is 5.88 Å². The normalized spacial score (nSPS) is 15.9. The van der Waals surface area contributed by atoms with E-state index in [1.54, 1.807) is 6.07 Å². The number of hydrogen-bond acceptors (Lipinski definition) is 4. The fraction of sp³-hybridized carbons (Fsp3) is 0.571. The molecule has 5 nitrogen and oxygen atoms in total. The molecule has 1 amide bonds. The fourth-order valence-corrected chi connectivity index (χ4v) is 2.69. The minimum absolute atomic E-state index is 0.283. The Morgan fingerprint density at radius 1 is 1.42 bits per heavy atom. The molecule has 0 radical (unpaired) electrons. The van der Waals surface area contributed by atoms with E-state index >= 15 is 0 Å². The number of amides is 1. The van der Waals surface area contributed by atoms with Gasteiger partial charge < -0.3 is 15.4 Å². The predicted octanol–water partition coefficient (Wildman–Crippen LogP) is 2.26. The molecule has 0 aromatic carbocycles. The van der Waals surface area contributed by atoms with Crippen LogP contribution in [0.2, 0.25) is 0 Å². The smallest absolute Gasteiger partial charge is 0.391 e. The highest BCUT2D eigenvalue weighted by Gasteiger charge is 2.21. The van der Waals surface area contributed by atoms with Gasteiger partial charge in [0, 0.05) is 12.6 Å². The minimum atomic E-state index is -0.822. The summed E-state index contributed by atoms with van der Waals surface area (Å²) in [6, 6.07) is 3.76. The zero-order valence-corrected chi connectivity index (χ0v) is 11.6. The van der Waals surface area contributed by atoms with Gasteiger partial charge >= 0.3 is 6.09 Å². The van der Waals surface area contributed by atoms with Gasteiger partial charge in [0.1, 0.15) is 0 Å². The van der Waals surface area contributed by atoms with Crippen molar-refractivity contribution in [3.8, 4) is 5.88 Å². The molecular weight excluding hydrogens is 242 g/mol. The second kappa shape index (κ2) is 6.02. The van der Waals surface area contributed by atoms with Crippen molar-refractivity contribution in [1.29, 1.82) is 0 Å². The first-order valence-electron chi connectivity index (χ1n) is 6.68. The molecule has 2 rings (SSSR count). The zero-order valence-electron chi connectivity index (χ0n) is 11.6. The molecule has 0 atom stereocenters. The summed E-state index contributed by atoms with van der Waals surface area (Å²) in [5.41, 5.74) is 7.29. The van der Waals surface area contributed by atoms with E-state index in [4.69, 9.17) is 10.5 Å². The Morgan fingerprint density at radius 2 is 2.11 bits per heavy atom. The number of carbonyl (C=O) groups is 1. The summed E-state index contributed by atoms with van der Waals surface area (Å²) >= 11 is 0. The molecule has 1 aliphatic rings. The number of carbonyl (C=O) groups excluding carboxylic acids is 1. The first kappa shape index (κ1) is 13.8. The molecule has 1 heterocycles. The van der Waals surface area contributed by atoms with Crippen LogP contribution in [0.4, 0.5) is 4.79 Å². The van der Waals surface area contributed by atoms with Crippen molar-refractivity contribution in [1.82, 2.24) is 9.88 Å². The standard InChI is InChI=1S/C14H21N3O2/c1-17(2)9-12-11(10-5-3-4-6-10)7-8-13(16-12)19-14(15)18/h7-8,10H,3-6,9H2,1-2H3,(H2,15,18). The van der Waals surface area contributed by atoms with Gasteiger partial charge in [0.25, 0.3) is 0 Å². The lowest BCUT2D eigenvalue weighted by atomic mass is 9.96. The summed E-state index contributed by atoms with van der Waals surface area (Å²) in [5, 5.41) is 0. The van der Waals surface area contributed by atoms with Crippen LogP contribution in [0.25, 0.3) is 0 Å². The third kappa shape index (κ3) is 3.67. The zero-order chi connectivity index (χ0) is 13.8. The predicted molar refractivity (Wildman–Crippen MR) is 73.0 cm³/mol. The summed E-state index contributed by atoms with van der Waals surface area (Å²) in [6.07, 6.45) is 4.19. The average Bonchev–Trinajstić information content (AvgIpc) is 2.81. The van der Waals surface area contributed by atoms with Crippen LogP contribution in [-0.4, -0.2) is 30.1 Å². The minimum Gasteiger partial charge on any atom is -0.391 e. The van der Waals surface area contributed by atoms with Crippen LogP contribution in [0.5, 0.6) is 5.88 Å². The molecule has 1 aromatic rings. The second-order valence-electron chi connectivity index (χ2n) is 5.33. The van der Waals surface area contributed by atoms with Crippen molar-refractivity contribution < 1.29 is 9.53 Å². The van der Waals surface area contributed by atoms with Crippen molar-refractivity contribution in [2.45, 2.75) is 38.1 Å². The monoisotopic (exact) mass is 263 g/mol. The van der Waals surface area contributed by atoms with Gasteiger partial charge in [-0.1, -0.05) is 18.9 Å². The number of rotatable bonds is 4. The Labute approximate surface area is 113 Å².